The van der Waals surface area contributed by atoms with Crippen LogP contribution in [0.25, 0.3) is 93.9 Å². The van der Waals surface area contributed by atoms with Crippen molar-refractivity contribution in [1.82, 2.24) is 4.57 Å². The van der Waals surface area contributed by atoms with E-state index in [1.54, 1.807) is 0 Å². The third-order valence-corrected chi connectivity index (χ3v) is 13.6. The van der Waals surface area contributed by atoms with Gasteiger partial charge in [0.2, 0.25) is 6.71 Å². The van der Waals surface area contributed by atoms with E-state index in [9.17, 15) is 0 Å². The van der Waals surface area contributed by atoms with E-state index < -0.39 is 0 Å². The number of aryl methyl sites for hydroxylation is 1. The van der Waals surface area contributed by atoms with Gasteiger partial charge in [-0.1, -0.05) is 162 Å². The van der Waals surface area contributed by atoms with Crippen molar-refractivity contribution in [2.24, 2.45) is 0 Å². The van der Waals surface area contributed by atoms with Gasteiger partial charge in [-0.2, -0.15) is 0 Å². The highest BCUT2D eigenvalue weighted by molar-refractivity contribution is 6.99. The van der Waals surface area contributed by atoms with Gasteiger partial charge in [0.15, 0.2) is 0 Å². The lowest BCUT2D eigenvalue weighted by Crippen LogP contribution is -2.48. The number of rotatable bonds is 7. The van der Waals surface area contributed by atoms with E-state index in [1.807, 2.05) is 6.07 Å². The number of hydrogen-bond acceptors (Lipinski definition) is 2. The van der Waals surface area contributed by atoms with Crippen LogP contribution in [0.2, 0.25) is 0 Å². The standard InChI is InChI=1S/C61H42BNO2/c1-39-31-40(27-29-59(39)64-48-15-3-2-4-16-48)42-32-43(35-46(34-42)62-55-22-10-5-17-49(55)50-18-6-11-23-56(50)62)45-33-44(41-28-30-61-54(38-41)53-21-9-14-26-60(53)65-61)36-47(37-45)63-57-24-12-7-19-51(57)52-20-8-13-25-58(52)63/h2-15,17-38,48H,16H2,1H3. The zero-order valence-corrected chi connectivity index (χ0v) is 35.9. The molecule has 65 heavy (non-hydrogen) atoms. The third kappa shape index (κ3) is 6.28. The maximum Gasteiger partial charge on any atom is 0.242 e. The van der Waals surface area contributed by atoms with E-state index in [2.05, 4.69) is 224 Å². The highest BCUT2D eigenvalue weighted by Gasteiger charge is 2.33. The fraction of sp³-hybridized carbons (Fsp3) is 0.0492. The number of para-hydroxylation sites is 3. The Kier molecular flexibility index (Phi) is 8.67. The molecule has 11 aromatic rings. The molecule has 2 aliphatic rings. The summed E-state index contributed by atoms with van der Waals surface area (Å²) in [5, 5.41) is 4.71. The Hall–Kier alpha value is -8.08. The molecule has 0 radical (unpaired) electrons. The molecule has 0 N–H and O–H groups in total. The maximum atomic E-state index is 6.52. The molecule has 1 unspecified atom stereocenters. The minimum Gasteiger partial charge on any atom is -0.486 e. The molecule has 1 aliphatic heterocycles. The first-order chi connectivity index (χ1) is 32.1. The van der Waals surface area contributed by atoms with Crippen LogP contribution in [-0.4, -0.2) is 17.4 Å². The molecule has 0 spiro atoms. The van der Waals surface area contributed by atoms with E-state index in [0.717, 1.165) is 73.2 Å². The Bertz CT molecular complexity index is 3670. The summed E-state index contributed by atoms with van der Waals surface area (Å²) >= 11 is 0. The van der Waals surface area contributed by atoms with Crippen molar-refractivity contribution >= 4 is 66.8 Å². The van der Waals surface area contributed by atoms with Crippen LogP contribution < -0.4 is 21.1 Å². The average molecular weight is 832 g/mol. The van der Waals surface area contributed by atoms with Gasteiger partial charge in [-0.05, 0) is 130 Å². The lowest BCUT2D eigenvalue weighted by molar-refractivity contribution is 0.250. The second kappa shape index (κ2) is 15.0. The fourth-order valence-corrected chi connectivity index (χ4v) is 10.6. The largest absolute Gasteiger partial charge is 0.486 e. The Balaban J connectivity index is 1.05. The monoisotopic (exact) mass is 831 g/mol. The van der Waals surface area contributed by atoms with Gasteiger partial charge in [0.05, 0.1) is 11.0 Å². The van der Waals surface area contributed by atoms with Gasteiger partial charge < -0.3 is 13.7 Å². The predicted molar refractivity (Wildman–Crippen MR) is 273 cm³/mol. The number of benzene rings is 9. The van der Waals surface area contributed by atoms with Crippen molar-refractivity contribution in [3.8, 4) is 55.9 Å². The van der Waals surface area contributed by atoms with Crippen molar-refractivity contribution in [2.75, 3.05) is 0 Å². The predicted octanol–water partition coefficient (Wildman–Crippen LogP) is 13.8. The molecule has 3 nitrogen and oxygen atoms in total. The summed E-state index contributed by atoms with van der Waals surface area (Å²) in [6, 6.07) is 71.5. The average Bonchev–Trinajstić information content (AvgIpc) is 4.02. The van der Waals surface area contributed by atoms with Gasteiger partial charge in [0.1, 0.15) is 23.0 Å². The number of furan rings is 1. The molecule has 9 aromatic carbocycles. The highest BCUT2D eigenvalue weighted by atomic mass is 16.5. The molecule has 0 bridgehead atoms. The van der Waals surface area contributed by atoms with Gasteiger partial charge in [-0.25, -0.2) is 0 Å². The quantitative estimate of drug-likeness (QED) is 0.150. The van der Waals surface area contributed by atoms with Crippen LogP contribution in [0.3, 0.4) is 0 Å². The lowest BCUT2D eigenvalue weighted by Gasteiger charge is -2.19. The first-order valence-electron chi connectivity index (χ1n) is 22.6. The van der Waals surface area contributed by atoms with Crippen molar-refractivity contribution in [3.63, 3.8) is 0 Å². The smallest absolute Gasteiger partial charge is 0.242 e. The number of nitrogens with zero attached hydrogens (tertiary/aromatic N) is 1. The molecule has 306 valence electrons. The molecular formula is C61H42BNO2. The number of hydrogen-bond donors (Lipinski definition) is 0. The second-order valence-corrected chi connectivity index (χ2v) is 17.6. The van der Waals surface area contributed by atoms with Gasteiger partial charge in [0, 0.05) is 33.7 Å². The Morgan fingerprint density at radius 2 is 1.06 bits per heavy atom. The topological polar surface area (TPSA) is 27.3 Å². The Morgan fingerprint density at radius 1 is 0.492 bits per heavy atom. The summed E-state index contributed by atoms with van der Waals surface area (Å²) in [6.07, 6.45) is 9.37. The highest BCUT2D eigenvalue weighted by Crippen LogP contribution is 2.39. The van der Waals surface area contributed by atoms with E-state index in [1.165, 1.54) is 54.9 Å². The van der Waals surface area contributed by atoms with E-state index >= 15 is 0 Å². The van der Waals surface area contributed by atoms with Crippen LogP contribution in [0.4, 0.5) is 0 Å². The number of allylic oxidation sites excluding steroid dienone is 2. The van der Waals surface area contributed by atoms with Crippen molar-refractivity contribution in [3.05, 3.63) is 224 Å². The zero-order chi connectivity index (χ0) is 43.0. The van der Waals surface area contributed by atoms with Crippen LogP contribution >= 0.6 is 0 Å². The summed E-state index contributed by atoms with van der Waals surface area (Å²) < 4.78 is 15.3. The molecule has 0 fully saturated rings. The van der Waals surface area contributed by atoms with Crippen LogP contribution in [0.5, 0.6) is 5.75 Å². The molecule has 0 saturated heterocycles. The van der Waals surface area contributed by atoms with Gasteiger partial charge >= 0.3 is 0 Å². The number of fused-ring (bicyclic) bond motifs is 9. The first-order valence-corrected chi connectivity index (χ1v) is 22.6. The van der Waals surface area contributed by atoms with Crippen LogP contribution in [0, 0.1) is 6.92 Å². The number of ether oxygens (including phenoxy) is 1. The molecule has 3 heterocycles. The van der Waals surface area contributed by atoms with Crippen LogP contribution in [-0.2, 0) is 0 Å². The SMILES string of the molecule is Cc1cc(-c2cc(B3c4ccccc4-c4ccccc43)cc(-c3cc(-c4ccc5oc6ccccc6c5c4)cc(-n4c5ccccc5c5ccccc54)c3)c2)ccc1OC1C=CC=CC1. The fourth-order valence-electron chi connectivity index (χ4n) is 10.6. The van der Waals surface area contributed by atoms with E-state index in [0.29, 0.717) is 0 Å². The van der Waals surface area contributed by atoms with Gasteiger partial charge in [-0.3, -0.25) is 0 Å². The van der Waals surface area contributed by atoms with Gasteiger partial charge in [-0.15, -0.1) is 0 Å². The minimum atomic E-state index is 0.0333. The van der Waals surface area contributed by atoms with Crippen LogP contribution in [0.15, 0.2) is 223 Å². The molecule has 0 amide bonds. The van der Waals surface area contributed by atoms with Crippen molar-refractivity contribution in [2.45, 2.75) is 19.4 Å². The Labute approximate surface area is 378 Å². The lowest BCUT2D eigenvalue weighted by atomic mass is 9.38. The normalized spacial score (nSPS) is 14.2. The van der Waals surface area contributed by atoms with Crippen molar-refractivity contribution in [1.29, 1.82) is 0 Å². The Morgan fingerprint density at radius 3 is 1.75 bits per heavy atom. The zero-order valence-electron chi connectivity index (χ0n) is 35.9. The maximum absolute atomic E-state index is 6.52. The molecule has 2 aromatic heterocycles. The molecule has 1 aliphatic carbocycles. The molecule has 1 atom stereocenters. The second-order valence-electron chi connectivity index (χ2n) is 17.6. The molecule has 0 saturated carbocycles. The molecular weight excluding hydrogens is 789 g/mol. The van der Waals surface area contributed by atoms with E-state index in [4.69, 9.17) is 9.15 Å². The summed E-state index contributed by atoms with van der Waals surface area (Å²) in [6.45, 7) is 2.24. The van der Waals surface area contributed by atoms with Gasteiger partial charge in [0.25, 0.3) is 0 Å². The molecule has 4 heteroatoms. The summed E-state index contributed by atoms with van der Waals surface area (Å²) in [5.74, 6) is 0.916. The first kappa shape index (κ1) is 37.5. The van der Waals surface area contributed by atoms with E-state index in [-0.39, 0.29) is 12.8 Å². The van der Waals surface area contributed by atoms with Crippen LogP contribution in [0.1, 0.15) is 12.0 Å². The third-order valence-electron chi connectivity index (χ3n) is 13.6. The number of aromatic nitrogens is 1. The summed E-state index contributed by atoms with van der Waals surface area (Å²) in [4.78, 5) is 0. The molecule has 13 rings (SSSR count). The van der Waals surface area contributed by atoms with Crippen molar-refractivity contribution < 1.29 is 9.15 Å². The summed E-state index contributed by atoms with van der Waals surface area (Å²) in [7, 11) is 0. The summed E-state index contributed by atoms with van der Waals surface area (Å²) in [5.41, 5.74) is 19.9. The minimum absolute atomic E-state index is 0.0333.